The van der Waals surface area contributed by atoms with Crippen molar-refractivity contribution < 1.29 is 24.2 Å². The maximum absolute atomic E-state index is 14.7. The minimum absolute atomic E-state index is 0.0385. The van der Waals surface area contributed by atoms with E-state index >= 15 is 0 Å². The SMILES string of the molecule is C=CCN(C(=O)C1N(CCO)C(=O)[C@@H]2[C@H](C(=O)N(CC=C)c3ccccc3)[C@]3(C)CCC12O3)c1ccc2ccccc2c1. The molecule has 3 aromatic rings. The van der Waals surface area contributed by atoms with Gasteiger partial charge >= 0.3 is 0 Å². The summed E-state index contributed by atoms with van der Waals surface area (Å²) in [5.74, 6) is -2.55. The second-order valence-corrected chi connectivity index (χ2v) is 11.8. The third-order valence-electron chi connectivity index (χ3n) is 9.39. The van der Waals surface area contributed by atoms with E-state index in [0.29, 0.717) is 24.2 Å². The number of hydrogen-bond donors (Lipinski definition) is 1. The molecule has 5 atom stereocenters. The number of aliphatic hydroxyl groups excluding tert-OH is 1. The summed E-state index contributed by atoms with van der Waals surface area (Å²) in [6.45, 7) is 9.75. The summed E-state index contributed by atoms with van der Waals surface area (Å²) >= 11 is 0. The van der Waals surface area contributed by atoms with Crippen LogP contribution < -0.4 is 9.80 Å². The van der Waals surface area contributed by atoms with Gasteiger partial charge in [0.25, 0.3) is 5.91 Å². The number of ether oxygens (including phenoxy) is 1. The largest absolute Gasteiger partial charge is 0.395 e. The molecule has 3 saturated heterocycles. The number of fused-ring (bicyclic) bond motifs is 2. The highest BCUT2D eigenvalue weighted by Crippen LogP contribution is 2.63. The number of aliphatic hydroxyl groups is 1. The van der Waals surface area contributed by atoms with Crippen molar-refractivity contribution in [3.05, 3.63) is 98.1 Å². The van der Waals surface area contributed by atoms with E-state index in [9.17, 15) is 19.5 Å². The lowest BCUT2D eigenvalue weighted by atomic mass is 9.66. The maximum atomic E-state index is 14.7. The molecule has 0 aliphatic carbocycles. The quantitative estimate of drug-likeness (QED) is 0.361. The zero-order chi connectivity index (χ0) is 30.4. The molecule has 3 aromatic carbocycles. The molecular formula is C35H37N3O5. The van der Waals surface area contributed by atoms with Crippen LogP contribution in [0.2, 0.25) is 0 Å². The normalized spacial score (nSPS) is 27.3. The average Bonchev–Trinajstić information content (AvgIpc) is 3.59. The van der Waals surface area contributed by atoms with Gasteiger partial charge in [-0.15, -0.1) is 13.2 Å². The van der Waals surface area contributed by atoms with Crippen LogP contribution in [0.5, 0.6) is 0 Å². The fourth-order valence-electron chi connectivity index (χ4n) is 7.60. The minimum atomic E-state index is -1.20. The van der Waals surface area contributed by atoms with Gasteiger partial charge in [-0.1, -0.05) is 60.7 Å². The van der Waals surface area contributed by atoms with E-state index < -0.39 is 29.1 Å². The molecule has 8 nitrogen and oxygen atoms in total. The lowest BCUT2D eigenvalue weighted by molar-refractivity contribution is -0.145. The molecule has 3 fully saturated rings. The number of carbonyl (C=O) groups is 3. The number of para-hydroxylation sites is 1. The predicted molar refractivity (Wildman–Crippen MR) is 167 cm³/mol. The Bertz CT molecular complexity index is 1590. The second-order valence-electron chi connectivity index (χ2n) is 11.8. The number of hydrogen-bond acceptors (Lipinski definition) is 5. The molecule has 0 saturated carbocycles. The number of likely N-dealkylation sites (tertiary alicyclic amines) is 1. The Kier molecular flexibility index (Phi) is 7.44. The van der Waals surface area contributed by atoms with Crippen LogP contribution in [0, 0.1) is 11.8 Å². The van der Waals surface area contributed by atoms with Gasteiger partial charge in [0.05, 0.1) is 24.0 Å². The summed E-state index contributed by atoms with van der Waals surface area (Å²) < 4.78 is 6.79. The van der Waals surface area contributed by atoms with Crippen LogP contribution in [0.15, 0.2) is 98.1 Å². The van der Waals surface area contributed by atoms with E-state index in [0.717, 1.165) is 10.8 Å². The lowest BCUT2D eigenvalue weighted by Gasteiger charge is -2.37. The topological polar surface area (TPSA) is 90.4 Å². The Hall–Kier alpha value is -4.27. The fourth-order valence-corrected chi connectivity index (χ4v) is 7.60. The van der Waals surface area contributed by atoms with Crippen LogP contribution in [0.4, 0.5) is 11.4 Å². The summed E-state index contributed by atoms with van der Waals surface area (Å²) in [5.41, 5.74) is -0.758. The van der Waals surface area contributed by atoms with Gasteiger partial charge in [-0.25, -0.2) is 0 Å². The summed E-state index contributed by atoms with van der Waals surface area (Å²) in [6, 6.07) is 22.0. The summed E-state index contributed by atoms with van der Waals surface area (Å²) in [6.07, 6.45) is 4.30. The van der Waals surface area contributed by atoms with Crippen molar-refractivity contribution in [1.82, 2.24) is 4.90 Å². The van der Waals surface area contributed by atoms with Gasteiger partial charge < -0.3 is 24.5 Å². The molecule has 0 radical (unpaired) electrons. The van der Waals surface area contributed by atoms with Crippen LogP contribution in [-0.2, 0) is 19.1 Å². The van der Waals surface area contributed by atoms with E-state index in [-0.39, 0.29) is 44.0 Å². The number of nitrogens with zero attached hydrogens (tertiary/aromatic N) is 3. The Balaban J connectivity index is 1.42. The molecule has 2 bridgehead atoms. The Morgan fingerprint density at radius 1 is 0.930 bits per heavy atom. The third kappa shape index (κ3) is 4.48. The molecule has 3 aliphatic rings. The fraction of sp³-hybridized carbons (Fsp3) is 0.343. The highest BCUT2D eigenvalue weighted by Gasteiger charge is 2.78. The Morgan fingerprint density at radius 2 is 1.58 bits per heavy atom. The van der Waals surface area contributed by atoms with Crippen molar-refractivity contribution in [2.24, 2.45) is 11.8 Å². The number of carbonyl (C=O) groups excluding carboxylic acids is 3. The van der Waals surface area contributed by atoms with Gasteiger partial charge in [0, 0.05) is 31.0 Å². The minimum Gasteiger partial charge on any atom is -0.395 e. The van der Waals surface area contributed by atoms with E-state index in [4.69, 9.17) is 4.74 Å². The highest BCUT2D eigenvalue weighted by molar-refractivity contribution is 6.07. The number of anilines is 2. The van der Waals surface area contributed by atoms with Crippen molar-refractivity contribution in [2.45, 2.75) is 37.0 Å². The van der Waals surface area contributed by atoms with Crippen molar-refractivity contribution in [3.8, 4) is 0 Å². The molecule has 6 rings (SSSR count). The third-order valence-corrected chi connectivity index (χ3v) is 9.39. The van der Waals surface area contributed by atoms with E-state index in [1.807, 2.05) is 79.7 Å². The van der Waals surface area contributed by atoms with Gasteiger partial charge in [-0.05, 0) is 54.8 Å². The first-order valence-electron chi connectivity index (χ1n) is 14.8. The monoisotopic (exact) mass is 579 g/mol. The average molecular weight is 580 g/mol. The van der Waals surface area contributed by atoms with Crippen molar-refractivity contribution in [2.75, 3.05) is 36.0 Å². The molecular weight excluding hydrogens is 542 g/mol. The van der Waals surface area contributed by atoms with Crippen molar-refractivity contribution in [3.63, 3.8) is 0 Å². The van der Waals surface area contributed by atoms with Crippen LogP contribution in [-0.4, -0.2) is 71.2 Å². The second kappa shape index (κ2) is 11.1. The number of rotatable bonds is 10. The van der Waals surface area contributed by atoms with Crippen LogP contribution in [0.25, 0.3) is 10.8 Å². The van der Waals surface area contributed by atoms with E-state index in [1.54, 1.807) is 22.0 Å². The summed E-state index contributed by atoms with van der Waals surface area (Å²) in [7, 11) is 0. The predicted octanol–water partition coefficient (Wildman–Crippen LogP) is 4.34. The molecule has 222 valence electrons. The summed E-state index contributed by atoms with van der Waals surface area (Å²) in [5, 5.41) is 12.0. The van der Waals surface area contributed by atoms with Crippen LogP contribution in [0.3, 0.4) is 0 Å². The van der Waals surface area contributed by atoms with Gasteiger partial charge in [-0.3, -0.25) is 14.4 Å². The molecule has 3 aliphatic heterocycles. The van der Waals surface area contributed by atoms with Crippen LogP contribution >= 0.6 is 0 Å². The van der Waals surface area contributed by atoms with Crippen LogP contribution in [0.1, 0.15) is 19.8 Å². The molecule has 43 heavy (non-hydrogen) atoms. The smallest absolute Gasteiger partial charge is 0.253 e. The maximum Gasteiger partial charge on any atom is 0.253 e. The Labute approximate surface area is 251 Å². The zero-order valence-corrected chi connectivity index (χ0v) is 24.4. The lowest BCUT2D eigenvalue weighted by Crippen LogP contribution is -2.57. The standard InChI is InChI=1S/C35H37N3O5/c1-4-19-36(26-13-7-6-8-14-26)31(40)28-29-32(41)38(21-22-39)30(35(29)18-17-34(28,3)43-35)33(42)37(20-5-2)27-16-15-24-11-9-10-12-25(24)23-27/h4-16,23,28-30,39H,1-2,17-22H2,3H3/t28-,29+,30?,34+,35?/m1/s1. The first-order valence-corrected chi connectivity index (χ1v) is 14.8. The molecule has 2 unspecified atom stereocenters. The first kappa shape index (κ1) is 28.8. The number of amides is 3. The van der Waals surface area contributed by atoms with Gasteiger partial charge in [0.2, 0.25) is 11.8 Å². The molecule has 3 heterocycles. The van der Waals surface area contributed by atoms with Crippen molar-refractivity contribution >= 4 is 39.9 Å². The van der Waals surface area contributed by atoms with Gasteiger partial charge in [0.15, 0.2) is 0 Å². The zero-order valence-electron chi connectivity index (χ0n) is 24.4. The molecule has 0 aromatic heterocycles. The number of benzene rings is 3. The van der Waals surface area contributed by atoms with Crippen molar-refractivity contribution in [1.29, 1.82) is 0 Å². The molecule has 1 spiro atoms. The van der Waals surface area contributed by atoms with E-state index in [1.165, 1.54) is 4.90 Å². The molecule has 3 amide bonds. The first-order chi connectivity index (χ1) is 20.8. The number of β-amino-alcohol motifs (C(OH)–C–C–N with tert-alkyl or cyclic N) is 1. The van der Waals surface area contributed by atoms with E-state index in [2.05, 4.69) is 13.2 Å². The highest BCUT2D eigenvalue weighted by atomic mass is 16.5. The molecule has 1 N–H and O–H groups in total. The molecule has 8 heteroatoms. The van der Waals surface area contributed by atoms with Gasteiger partial charge in [0.1, 0.15) is 11.6 Å². The Morgan fingerprint density at radius 3 is 2.26 bits per heavy atom. The van der Waals surface area contributed by atoms with Gasteiger partial charge in [-0.2, -0.15) is 0 Å². The summed E-state index contributed by atoms with van der Waals surface area (Å²) in [4.78, 5) is 48.1.